The van der Waals surface area contributed by atoms with Gasteiger partial charge in [-0.2, -0.15) is 0 Å². The minimum absolute atomic E-state index is 0.337. The predicted octanol–water partition coefficient (Wildman–Crippen LogP) is 6.61. The van der Waals surface area contributed by atoms with Gasteiger partial charge in [0.2, 0.25) is 0 Å². The number of likely N-dealkylation sites (tertiary alicyclic amines) is 1. The molecule has 2 atom stereocenters. The van der Waals surface area contributed by atoms with Crippen molar-refractivity contribution in [3.8, 4) is 5.75 Å². The Morgan fingerprint density at radius 1 is 1.09 bits per heavy atom. The van der Waals surface area contributed by atoms with Crippen LogP contribution < -0.4 is 4.74 Å². The third-order valence-corrected chi connectivity index (χ3v) is 8.15. The van der Waals surface area contributed by atoms with Crippen molar-refractivity contribution in [2.45, 2.75) is 64.0 Å². The van der Waals surface area contributed by atoms with E-state index in [2.05, 4.69) is 61.2 Å². The average molecular weight is 455 g/mol. The summed E-state index contributed by atoms with van der Waals surface area (Å²) >= 11 is 6.76. The molecule has 0 spiro atoms. The van der Waals surface area contributed by atoms with Crippen LogP contribution in [0.25, 0.3) is 0 Å². The van der Waals surface area contributed by atoms with Gasteiger partial charge in [-0.05, 0) is 68.6 Å². The quantitative estimate of drug-likeness (QED) is 0.446. The summed E-state index contributed by atoms with van der Waals surface area (Å²) in [6.45, 7) is 6.55. The highest BCUT2D eigenvalue weighted by molar-refractivity contribution is 6.32. The second-order valence-electron chi connectivity index (χ2n) is 10.4. The van der Waals surface area contributed by atoms with Gasteiger partial charge in [-0.1, -0.05) is 74.2 Å². The van der Waals surface area contributed by atoms with Crippen molar-refractivity contribution in [1.82, 2.24) is 9.80 Å². The maximum Gasteiger partial charge on any atom is 0.138 e. The molecular weight excluding hydrogens is 416 g/mol. The molecule has 1 unspecified atom stereocenters. The zero-order valence-corrected chi connectivity index (χ0v) is 20.8. The van der Waals surface area contributed by atoms with Crippen molar-refractivity contribution in [1.29, 1.82) is 0 Å². The van der Waals surface area contributed by atoms with E-state index in [0.29, 0.717) is 24.0 Å². The number of hydrogen-bond acceptors (Lipinski definition) is 3. The van der Waals surface area contributed by atoms with E-state index in [0.717, 1.165) is 22.9 Å². The Bertz CT molecular complexity index is 863. The molecule has 32 heavy (non-hydrogen) atoms. The lowest BCUT2D eigenvalue weighted by molar-refractivity contribution is 0.132. The zero-order chi connectivity index (χ0) is 22.6. The molecule has 174 valence electrons. The molecule has 0 N–H and O–H groups in total. The first kappa shape index (κ1) is 23.6. The number of likely N-dealkylation sites (N-methyl/N-ethyl adjacent to an activating group) is 1. The molecule has 0 amide bonds. The number of hydrogen-bond donors (Lipinski definition) is 0. The Morgan fingerprint density at radius 2 is 1.84 bits per heavy atom. The lowest BCUT2D eigenvalue weighted by Crippen LogP contribution is -2.38. The number of rotatable bonds is 8. The van der Waals surface area contributed by atoms with Crippen molar-refractivity contribution >= 4 is 11.6 Å². The minimum Gasteiger partial charge on any atom is -0.487 e. The van der Waals surface area contributed by atoms with Crippen LogP contribution in [0.5, 0.6) is 5.75 Å². The van der Waals surface area contributed by atoms with E-state index in [1.807, 2.05) is 18.2 Å². The van der Waals surface area contributed by atoms with E-state index < -0.39 is 0 Å². The van der Waals surface area contributed by atoms with Crippen LogP contribution in [0.4, 0.5) is 0 Å². The Kier molecular flexibility index (Phi) is 7.81. The SMILES string of the molecule is CN(C)[C@H]1CCN(CC(c2ccc(OCc3ccccc3)c(Cl)c2)C2(C)CCCCC2)C1. The lowest BCUT2D eigenvalue weighted by atomic mass is 9.65. The van der Waals surface area contributed by atoms with Crippen molar-refractivity contribution < 1.29 is 4.74 Å². The number of benzene rings is 2. The van der Waals surface area contributed by atoms with Gasteiger partial charge < -0.3 is 14.5 Å². The number of ether oxygens (including phenoxy) is 1. The number of nitrogens with zero attached hydrogens (tertiary/aromatic N) is 2. The molecule has 0 aromatic heterocycles. The fourth-order valence-electron chi connectivity index (χ4n) is 5.68. The Balaban J connectivity index is 1.51. The van der Waals surface area contributed by atoms with Crippen LogP contribution in [0.1, 0.15) is 62.5 Å². The smallest absolute Gasteiger partial charge is 0.138 e. The summed E-state index contributed by atoms with van der Waals surface area (Å²) < 4.78 is 6.05. The van der Waals surface area contributed by atoms with E-state index >= 15 is 0 Å². The average Bonchev–Trinajstić information content (AvgIpc) is 3.27. The second kappa shape index (κ2) is 10.6. The highest BCUT2D eigenvalue weighted by atomic mass is 35.5. The molecule has 2 aliphatic rings. The summed E-state index contributed by atoms with van der Waals surface area (Å²) in [7, 11) is 4.42. The van der Waals surface area contributed by atoms with Gasteiger partial charge in [-0.25, -0.2) is 0 Å². The van der Waals surface area contributed by atoms with Gasteiger partial charge in [-0.15, -0.1) is 0 Å². The van der Waals surface area contributed by atoms with Gasteiger partial charge in [0.25, 0.3) is 0 Å². The van der Waals surface area contributed by atoms with Crippen molar-refractivity contribution in [3.05, 3.63) is 64.7 Å². The van der Waals surface area contributed by atoms with Crippen LogP contribution in [0.2, 0.25) is 5.02 Å². The molecule has 2 aromatic carbocycles. The van der Waals surface area contributed by atoms with Crippen LogP contribution in [-0.2, 0) is 6.61 Å². The highest BCUT2D eigenvalue weighted by Crippen LogP contribution is 2.48. The van der Waals surface area contributed by atoms with Crippen LogP contribution in [0.15, 0.2) is 48.5 Å². The van der Waals surface area contributed by atoms with Crippen molar-refractivity contribution in [2.24, 2.45) is 5.41 Å². The van der Waals surface area contributed by atoms with Crippen LogP contribution in [0.3, 0.4) is 0 Å². The summed E-state index contributed by atoms with van der Waals surface area (Å²) in [6, 6.07) is 17.5. The minimum atomic E-state index is 0.337. The monoisotopic (exact) mass is 454 g/mol. The molecule has 0 radical (unpaired) electrons. The second-order valence-corrected chi connectivity index (χ2v) is 10.8. The highest BCUT2D eigenvalue weighted by Gasteiger charge is 2.38. The molecule has 4 rings (SSSR count). The molecule has 1 heterocycles. The molecule has 2 aromatic rings. The van der Waals surface area contributed by atoms with Gasteiger partial charge >= 0.3 is 0 Å². The van der Waals surface area contributed by atoms with Crippen LogP contribution in [0, 0.1) is 5.41 Å². The molecule has 1 saturated carbocycles. The van der Waals surface area contributed by atoms with Gasteiger partial charge in [-0.3, -0.25) is 0 Å². The standard InChI is InChI=1S/C28H39ClN2O/c1-28(15-8-5-9-16-28)25(20-31-17-14-24(19-31)30(2)3)23-12-13-27(26(29)18-23)32-21-22-10-6-4-7-11-22/h4,6-7,10-13,18,24-25H,5,8-9,14-17,19-21H2,1-3H3/t24-,25?/m0/s1. The van der Waals surface area contributed by atoms with E-state index in [-0.39, 0.29) is 0 Å². The van der Waals surface area contributed by atoms with Gasteiger partial charge in [0.15, 0.2) is 0 Å². The van der Waals surface area contributed by atoms with Crippen LogP contribution >= 0.6 is 11.6 Å². The lowest BCUT2D eigenvalue weighted by Gasteiger charge is -2.43. The predicted molar refractivity (Wildman–Crippen MR) is 135 cm³/mol. The van der Waals surface area contributed by atoms with Crippen molar-refractivity contribution in [2.75, 3.05) is 33.7 Å². The molecule has 3 nitrogen and oxygen atoms in total. The maximum absolute atomic E-state index is 6.76. The third-order valence-electron chi connectivity index (χ3n) is 7.85. The van der Waals surface area contributed by atoms with Gasteiger partial charge in [0.05, 0.1) is 5.02 Å². The fraction of sp³-hybridized carbons (Fsp3) is 0.571. The first-order valence-electron chi connectivity index (χ1n) is 12.3. The Hall–Kier alpha value is -1.55. The largest absolute Gasteiger partial charge is 0.487 e. The summed E-state index contributed by atoms with van der Waals surface area (Å²) in [5, 5.41) is 0.732. The molecule has 4 heteroatoms. The topological polar surface area (TPSA) is 15.7 Å². The summed E-state index contributed by atoms with van der Waals surface area (Å²) in [6.07, 6.45) is 7.96. The number of halogens is 1. The van der Waals surface area contributed by atoms with Gasteiger partial charge in [0.1, 0.15) is 12.4 Å². The Morgan fingerprint density at radius 3 is 2.50 bits per heavy atom. The fourth-order valence-corrected chi connectivity index (χ4v) is 5.92. The molecule has 2 fully saturated rings. The first-order chi connectivity index (χ1) is 15.4. The van der Waals surface area contributed by atoms with Gasteiger partial charge in [0, 0.05) is 25.0 Å². The van der Waals surface area contributed by atoms with Crippen LogP contribution in [-0.4, -0.2) is 49.6 Å². The van der Waals surface area contributed by atoms with E-state index in [9.17, 15) is 0 Å². The summed E-state index contributed by atoms with van der Waals surface area (Å²) in [5.41, 5.74) is 2.87. The normalized spacial score (nSPS) is 22.2. The van der Waals surface area contributed by atoms with E-state index in [4.69, 9.17) is 16.3 Å². The summed E-state index contributed by atoms with van der Waals surface area (Å²) in [4.78, 5) is 5.07. The van der Waals surface area contributed by atoms with E-state index in [1.165, 1.54) is 57.2 Å². The molecule has 1 aliphatic heterocycles. The third kappa shape index (κ3) is 5.68. The molecule has 1 saturated heterocycles. The van der Waals surface area contributed by atoms with E-state index in [1.54, 1.807) is 0 Å². The zero-order valence-electron chi connectivity index (χ0n) is 20.0. The summed E-state index contributed by atoms with van der Waals surface area (Å²) in [5.74, 6) is 1.28. The molecule has 1 aliphatic carbocycles. The molecular formula is C28H39ClN2O. The first-order valence-corrected chi connectivity index (χ1v) is 12.7. The maximum atomic E-state index is 6.76. The Labute approximate surface area is 199 Å². The molecule has 0 bridgehead atoms. The van der Waals surface area contributed by atoms with Crippen molar-refractivity contribution in [3.63, 3.8) is 0 Å².